The number of benzene rings is 2. The fourth-order valence-corrected chi connectivity index (χ4v) is 6.76. The largest absolute Gasteiger partial charge is 0.469 e. The van der Waals surface area contributed by atoms with E-state index in [0.29, 0.717) is 30.7 Å². The number of esters is 3. The van der Waals surface area contributed by atoms with E-state index in [4.69, 9.17) is 14.2 Å². The van der Waals surface area contributed by atoms with Crippen LogP contribution in [0.3, 0.4) is 0 Å². The summed E-state index contributed by atoms with van der Waals surface area (Å²) < 4.78 is 16.3. The van der Waals surface area contributed by atoms with E-state index in [1.807, 2.05) is 74.5 Å². The third-order valence-electron chi connectivity index (χ3n) is 9.56. The first-order valence-corrected chi connectivity index (χ1v) is 17.2. The third-order valence-corrected chi connectivity index (χ3v) is 9.56. The number of carbonyl (C=O) groups is 3. The number of methoxy groups -OCH3 is 1. The minimum Gasteiger partial charge on any atom is -0.469 e. The van der Waals surface area contributed by atoms with Gasteiger partial charge in [0.2, 0.25) is 0 Å². The lowest BCUT2D eigenvalue weighted by atomic mass is 9.98. The Morgan fingerprint density at radius 3 is 1.46 bits per heavy atom. The SMILES string of the molecule is CCc1c(Cc2[nH]c(Cc3[nH]c(C(=O)OCc4ccccc4)c(C)c3CC)c(CCC(=O)OC)c2C)[nH]c(C(=O)OCc2ccccc2)c1C. The number of carbonyl (C=O) groups excluding carboxylic acids is 3. The van der Waals surface area contributed by atoms with Gasteiger partial charge >= 0.3 is 17.9 Å². The van der Waals surface area contributed by atoms with Crippen molar-refractivity contribution in [1.82, 2.24) is 15.0 Å². The van der Waals surface area contributed by atoms with Gasteiger partial charge in [0, 0.05) is 42.0 Å². The van der Waals surface area contributed by atoms with Crippen LogP contribution in [0.15, 0.2) is 60.7 Å². The molecule has 0 fully saturated rings. The fourth-order valence-electron chi connectivity index (χ4n) is 6.76. The van der Waals surface area contributed by atoms with Crippen LogP contribution in [0.5, 0.6) is 0 Å². The third kappa shape index (κ3) is 8.10. The van der Waals surface area contributed by atoms with Crippen LogP contribution in [-0.2, 0) is 64.3 Å². The molecule has 0 saturated carbocycles. The number of rotatable bonds is 15. The van der Waals surface area contributed by atoms with E-state index in [-0.39, 0.29) is 31.6 Å². The Labute approximate surface area is 293 Å². The normalized spacial score (nSPS) is 11.1. The summed E-state index contributed by atoms with van der Waals surface area (Å²) in [6.07, 6.45) is 3.26. The van der Waals surface area contributed by atoms with Crippen molar-refractivity contribution in [2.45, 2.75) is 86.4 Å². The molecule has 0 aliphatic carbocycles. The standard InChI is InChI=1S/C41H47N3O6/c1-7-30-26(4)38(40(46)49-23-28-15-11-9-12-16-28)43-34(30)21-33-25(3)32(19-20-37(45)48-6)36(42-33)22-35-31(8-2)27(5)39(44-35)41(47)50-24-29-17-13-10-14-18-29/h9-18,42-44H,7-8,19-24H2,1-6H3. The van der Waals surface area contributed by atoms with Crippen LogP contribution in [-0.4, -0.2) is 40.0 Å². The van der Waals surface area contributed by atoms with Gasteiger partial charge in [0.1, 0.15) is 24.6 Å². The molecule has 0 aliphatic heterocycles. The smallest absolute Gasteiger partial charge is 0.355 e. The van der Waals surface area contributed by atoms with Crippen molar-refractivity contribution >= 4 is 17.9 Å². The van der Waals surface area contributed by atoms with E-state index >= 15 is 0 Å². The quantitative estimate of drug-likeness (QED) is 0.0770. The number of ether oxygens (including phenoxy) is 3. The van der Waals surface area contributed by atoms with Crippen molar-refractivity contribution in [3.8, 4) is 0 Å². The molecule has 3 heterocycles. The van der Waals surface area contributed by atoms with E-state index in [2.05, 4.69) is 35.7 Å². The van der Waals surface area contributed by atoms with Crippen molar-refractivity contribution in [2.75, 3.05) is 7.11 Å². The number of hydrogen-bond donors (Lipinski definition) is 3. The van der Waals surface area contributed by atoms with Crippen molar-refractivity contribution in [3.63, 3.8) is 0 Å². The summed E-state index contributed by atoms with van der Waals surface area (Å²) in [5.41, 5.74) is 12.6. The maximum absolute atomic E-state index is 13.2. The van der Waals surface area contributed by atoms with Crippen LogP contribution in [0.2, 0.25) is 0 Å². The molecule has 0 atom stereocenters. The maximum Gasteiger partial charge on any atom is 0.355 e. The molecular formula is C41H47N3O6. The average Bonchev–Trinajstić information content (AvgIpc) is 3.74. The molecule has 3 aromatic heterocycles. The molecule has 0 spiro atoms. The van der Waals surface area contributed by atoms with E-state index in [1.54, 1.807) is 0 Å². The molecule has 9 nitrogen and oxygen atoms in total. The Bertz CT molecular complexity index is 1950. The molecule has 0 radical (unpaired) electrons. The van der Waals surface area contributed by atoms with Crippen LogP contribution >= 0.6 is 0 Å². The highest BCUT2D eigenvalue weighted by molar-refractivity contribution is 5.90. The minimum absolute atomic E-state index is 0.191. The Hall–Kier alpha value is -5.31. The van der Waals surface area contributed by atoms with E-state index in [9.17, 15) is 14.4 Å². The molecule has 5 rings (SSSR count). The van der Waals surface area contributed by atoms with Gasteiger partial charge in [0.15, 0.2) is 0 Å². The second-order valence-corrected chi connectivity index (χ2v) is 12.6. The predicted octanol–water partition coefficient (Wildman–Crippen LogP) is 7.72. The second kappa shape index (κ2) is 16.4. The zero-order valence-corrected chi connectivity index (χ0v) is 29.9. The molecular weight excluding hydrogens is 630 g/mol. The van der Waals surface area contributed by atoms with Crippen LogP contribution in [0.4, 0.5) is 0 Å². The molecule has 9 heteroatoms. The number of hydrogen-bond acceptors (Lipinski definition) is 6. The molecule has 0 bridgehead atoms. The molecule has 0 saturated heterocycles. The maximum atomic E-state index is 13.2. The van der Waals surface area contributed by atoms with Crippen molar-refractivity contribution in [2.24, 2.45) is 0 Å². The summed E-state index contributed by atoms with van der Waals surface area (Å²) in [5, 5.41) is 0. The average molecular weight is 678 g/mol. The summed E-state index contributed by atoms with van der Waals surface area (Å²) in [5.74, 6) is -1.06. The van der Waals surface area contributed by atoms with Gasteiger partial charge in [0.25, 0.3) is 0 Å². The zero-order valence-electron chi connectivity index (χ0n) is 29.9. The lowest BCUT2D eigenvalue weighted by molar-refractivity contribution is -0.140. The van der Waals surface area contributed by atoms with Gasteiger partial charge in [0.05, 0.1) is 7.11 Å². The minimum atomic E-state index is -0.395. The topological polar surface area (TPSA) is 126 Å². The van der Waals surface area contributed by atoms with E-state index in [1.165, 1.54) is 7.11 Å². The number of aromatic nitrogens is 3. The highest BCUT2D eigenvalue weighted by atomic mass is 16.5. The Kier molecular flexibility index (Phi) is 11.8. The second-order valence-electron chi connectivity index (χ2n) is 12.6. The molecule has 0 aliphatic rings. The van der Waals surface area contributed by atoms with Gasteiger partial charge < -0.3 is 29.2 Å². The lowest BCUT2D eigenvalue weighted by Gasteiger charge is -2.07. The van der Waals surface area contributed by atoms with Gasteiger partial charge in [-0.1, -0.05) is 74.5 Å². The molecule has 3 N–H and O–H groups in total. The molecule has 0 unspecified atom stereocenters. The van der Waals surface area contributed by atoms with E-state index in [0.717, 1.165) is 80.1 Å². The summed E-state index contributed by atoms with van der Waals surface area (Å²) in [7, 11) is 1.40. The van der Waals surface area contributed by atoms with Crippen LogP contribution in [0.25, 0.3) is 0 Å². The summed E-state index contributed by atoms with van der Waals surface area (Å²) in [6, 6.07) is 19.2. The molecule has 50 heavy (non-hydrogen) atoms. The Morgan fingerprint density at radius 2 is 1.02 bits per heavy atom. The Balaban J connectivity index is 1.42. The highest BCUT2D eigenvalue weighted by Gasteiger charge is 2.25. The zero-order chi connectivity index (χ0) is 35.8. The van der Waals surface area contributed by atoms with Gasteiger partial charge in [-0.25, -0.2) is 9.59 Å². The fraction of sp³-hybridized carbons (Fsp3) is 0.341. The van der Waals surface area contributed by atoms with Gasteiger partial charge in [-0.2, -0.15) is 0 Å². The van der Waals surface area contributed by atoms with Crippen molar-refractivity contribution < 1.29 is 28.6 Å². The molecule has 0 amide bonds. The van der Waals surface area contributed by atoms with Gasteiger partial charge in [-0.05, 0) is 84.5 Å². The van der Waals surface area contributed by atoms with E-state index < -0.39 is 5.97 Å². The first-order valence-electron chi connectivity index (χ1n) is 17.2. The molecule has 5 aromatic rings. The number of nitrogens with one attached hydrogen (secondary N) is 3. The predicted molar refractivity (Wildman–Crippen MR) is 192 cm³/mol. The van der Waals surface area contributed by atoms with Crippen molar-refractivity contribution in [1.29, 1.82) is 0 Å². The first kappa shape index (κ1) is 36.0. The molecule has 2 aromatic carbocycles. The lowest BCUT2D eigenvalue weighted by Crippen LogP contribution is -2.07. The number of H-pyrrole nitrogens is 3. The van der Waals surface area contributed by atoms with Gasteiger partial charge in [-0.15, -0.1) is 0 Å². The van der Waals surface area contributed by atoms with Crippen LogP contribution in [0.1, 0.15) is 109 Å². The monoisotopic (exact) mass is 677 g/mol. The van der Waals surface area contributed by atoms with Crippen LogP contribution in [0, 0.1) is 20.8 Å². The summed E-state index contributed by atoms with van der Waals surface area (Å²) in [6.45, 7) is 10.5. The Morgan fingerprint density at radius 1 is 0.580 bits per heavy atom. The first-order chi connectivity index (χ1) is 24.1. The summed E-state index contributed by atoms with van der Waals surface area (Å²) >= 11 is 0. The van der Waals surface area contributed by atoms with Gasteiger partial charge in [-0.3, -0.25) is 4.79 Å². The highest BCUT2D eigenvalue weighted by Crippen LogP contribution is 2.30. The van der Waals surface area contributed by atoms with Crippen LogP contribution < -0.4 is 0 Å². The number of aromatic amines is 3. The van der Waals surface area contributed by atoms with Crippen molar-refractivity contribution in [3.05, 3.63) is 139 Å². The summed E-state index contributed by atoms with van der Waals surface area (Å²) in [4.78, 5) is 49.1. The molecule has 262 valence electrons.